The molecule has 0 bridgehead atoms. The van der Waals surface area contributed by atoms with Crippen molar-refractivity contribution in [2.75, 3.05) is 12.4 Å². The van der Waals surface area contributed by atoms with Gasteiger partial charge in [-0.05, 0) is 34.7 Å². The first-order valence-electron chi connectivity index (χ1n) is 5.84. The number of thiophene rings is 1. The molecular weight excluding hydrogens is 393 g/mol. The predicted octanol–water partition coefficient (Wildman–Crippen LogP) is 4.80. The van der Waals surface area contributed by atoms with Crippen molar-refractivity contribution < 1.29 is 0 Å². The predicted molar refractivity (Wildman–Crippen MR) is 91.3 cm³/mol. The van der Waals surface area contributed by atoms with Crippen molar-refractivity contribution in [3.63, 3.8) is 0 Å². The number of aromatic nitrogens is 2. The third kappa shape index (κ3) is 3.20. The molecule has 0 radical (unpaired) electrons. The van der Waals surface area contributed by atoms with Gasteiger partial charge in [0, 0.05) is 12.5 Å². The van der Waals surface area contributed by atoms with Gasteiger partial charge in [0.15, 0.2) is 5.82 Å². The standard InChI is InChI=1S/C13H15ClIN3S/c1-13(2,3)10-9(15)12(16-4)18-11(17-10)7-5-6-8(14)19-7/h5-6H,1-4H3,(H,16,17,18). The number of hydrogen-bond donors (Lipinski definition) is 1. The molecule has 0 amide bonds. The Morgan fingerprint density at radius 3 is 2.42 bits per heavy atom. The van der Waals surface area contributed by atoms with Crippen LogP contribution in [0.25, 0.3) is 10.7 Å². The number of anilines is 1. The highest BCUT2D eigenvalue weighted by Crippen LogP contribution is 2.34. The van der Waals surface area contributed by atoms with E-state index in [-0.39, 0.29) is 5.41 Å². The van der Waals surface area contributed by atoms with Crippen LogP contribution in [-0.4, -0.2) is 17.0 Å². The number of hydrogen-bond acceptors (Lipinski definition) is 4. The highest BCUT2D eigenvalue weighted by molar-refractivity contribution is 14.1. The summed E-state index contributed by atoms with van der Waals surface area (Å²) in [4.78, 5) is 10.3. The van der Waals surface area contributed by atoms with E-state index in [9.17, 15) is 0 Å². The zero-order valence-electron chi connectivity index (χ0n) is 11.2. The smallest absolute Gasteiger partial charge is 0.172 e. The Bertz CT molecular complexity index is 604. The summed E-state index contributed by atoms with van der Waals surface area (Å²) in [6.45, 7) is 6.46. The van der Waals surface area contributed by atoms with Crippen molar-refractivity contribution in [1.82, 2.24) is 9.97 Å². The summed E-state index contributed by atoms with van der Waals surface area (Å²) in [5, 5.41) is 3.14. The molecule has 2 aromatic heterocycles. The Kier molecular flexibility index (Phi) is 4.37. The molecule has 102 valence electrons. The van der Waals surface area contributed by atoms with Gasteiger partial charge in [-0.3, -0.25) is 0 Å². The van der Waals surface area contributed by atoms with Gasteiger partial charge in [0.1, 0.15) is 5.82 Å². The van der Waals surface area contributed by atoms with E-state index in [2.05, 4.69) is 53.7 Å². The average molecular weight is 408 g/mol. The normalized spacial score (nSPS) is 11.7. The molecule has 0 spiro atoms. The number of halogens is 2. The molecule has 3 nitrogen and oxygen atoms in total. The molecule has 1 N–H and O–H groups in total. The maximum atomic E-state index is 5.99. The summed E-state index contributed by atoms with van der Waals surface area (Å²) >= 11 is 9.78. The van der Waals surface area contributed by atoms with Crippen LogP contribution in [0.15, 0.2) is 12.1 Å². The zero-order valence-corrected chi connectivity index (χ0v) is 14.9. The van der Waals surface area contributed by atoms with Crippen LogP contribution in [0, 0.1) is 3.57 Å². The lowest BCUT2D eigenvalue weighted by molar-refractivity contribution is 0.564. The van der Waals surface area contributed by atoms with Gasteiger partial charge >= 0.3 is 0 Å². The summed E-state index contributed by atoms with van der Waals surface area (Å²) in [6, 6.07) is 3.83. The van der Waals surface area contributed by atoms with E-state index in [4.69, 9.17) is 16.6 Å². The summed E-state index contributed by atoms with van der Waals surface area (Å²) in [7, 11) is 1.88. The van der Waals surface area contributed by atoms with Crippen LogP contribution in [0.1, 0.15) is 26.5 Å². The second-order valence-corrected chi connectivity index (χ2v) is 7.96. The summed E-state index contributed by atoms with van der Waals surface area (Å²) in [6.07, 6.45) is 0. The second-order valence-electron chi connectivity index (χ2n) is 5.16. The van der Waals surface area contributed by atoms with Gasteiger partial charge in [0.2, 0.25) is 0 Å². The van der Waals surface area contributed by atoms with Gasteiger partial charge in [-0.1, -0.05) is 32.4 Å². The molecule has 0 unspecified atom stereocenters. The van der Waals surface area contributed by atoms with Gasteiger partial charge in [-0.15, -0.1) is 11.3 Å². The van der Waals surface area contributed by atoms with Gasteiger partial charge in [-0.2, -0.15) is 0 Å². The maximum absolute atomic E-state index is 5.99. The van der Waals surface area contributed by atoms with Crippen LogP contribution in [-0.2, 0) is 5.41 Å². The zero-order chi connectivity index (χ0) is 14.2. The topological polar surface area (TPSA) is 37.8 Å². The number of nitrogens with one attached hydrogen (secondary N) is 1. The van der Waals surface area contributed by atoms with E-state index >= 15 is 0 Å². The van der Waals surface area contributed by atoms with Crippen LogP contribution >= 0.6 is 45.5 Å². The van der Waals surface area contributed by atoms with E-state index in [1.807, 2.05) is 19.2 Å². The Balaban J connectivity index is 2.64. The Hall–Kier alpha value is -0.400. The summed E-state index contributed by atoms with van der Waals surface area (Å²) in [5.41, 5.74) is 1.02. The Labute approximate surface area is 136 Å². The van der Waals surface area contributed by atoms with E-state index in [0.29, 0.717) is 0 Å². The van der Waals surface area contributed by atoms with E-state index < -0.39 is 0 Å². The molecule has 0 saturated heterocycles. The lowest BCUT2D eigenvalue weighted by Crippen LogP contribution is -2.18. The molecule has 0 atom stereocenters. The molecule has 0 aliphatic rings. The molecule has 2 aromatic rings. The minimum atomic E-state index is -0.0269. The minimum Gasteiger partial charge on any atom is -0.372 e. The molecule has 6 heteroatoms. The van der Waals surface area contributed by atoms with Gasteiger partial charge in [0.25, 0.3) is 0 Å². The molecule has 0 aliphatic heterocycles. The number of nitrogens with zero attached hydrogens (tertiary/aromatic N) is 2. The molecule has 2 heterocycles. The maximum Gasteiger partial charge on any atom is 0.172 e. The van der Waals surface area contributed by atoms with Crippen LogP contribution in [0.3, 0.4) is 0 Å². The van der Waals surface area contributed by atoms with Crippen LogP contribution in [0.5, 0.6) is 0 Å². The highest BCUT2D eigenvalue weighted by atomic mass is 127. The molecule has 2 rings (SSSR count). The third-order valence-corrected chi connectivity index (χ3v) is 4.84. The lowest BCUT2D eigenvalue weighted by atomic mass is 9.92. The number of rotatable bonds is 2. The van der Waals surface area contributed by atoms with Crippen LogP contribution in [0.2, 0.25) is 4.34 Å². The molecule has 0 fully saturated rings. The van der Waals surface area contributed by atoms with Gasteiger partial charge in [-0.25, -0.2) is 9.97 Å². The Morgan fingerprint density at radius 2 is 1.95 bits per heavy atom. The molecule has 19 heavy (non-hydrogen) atoms. The fourth-order valence-electron chi connectivity index (χ4n) is 1.65. The quantitative estimate of drug-likeness (QED) is 0.727. The largest absolute Gasteiger partial charge is 0.372 e. The van der Waals surface area contributed by atoms with Crippen molar-refractivity contribution >= 4 is 51.3 Å². The van der Waals surface area contributed by atoms with Crippen LogP contribution < -0.4 is 5.32 Å². The average Bonchev–Trinajstić information content (AvgIpc) is 2.74. The van der Waals surface area contributed by atoms with Crippen molar-refractivity contribution in [3.05, 3.63) is 25.7 Å². The second kappa shape index (κ2) is 5.54. The van der Waals surface area contributed by atoms with E-state index in [1.54, 1.807) is 0 Å². The van der Waals surface area contributed by atoms with E-state index in [0.717, 1.165) is 30.1 Å². The monoisotopic (exact) mass is 407 g/mol. The summed E-state index contributed by atoms with van der Waals surface area (Å²) < 4.78 is 1.82. The Morgan fingerprint density at radius 1 is 1.26 bits per heavy atom. The lowest BCUT2D eigenvalue weighted by Gasteiger charge is -2.21. The van der Waals surface area contributed by atoms with Gasteiger partial charge < -0.3 is 5.32 Å². The first kappa shape index (κ1) is 15.0. The molecule has 0 aromatic carbocycles. The fourth-order valence-corrected chi connectivity index (χ4v) is 3.95. The first-order valence-corrected chi connectivity index (χ1v) is 8.11. The highest BCUT2D eigenvalue weighted by Gasteiger charge is 2.23. The first-order chi connectivity index (χ1) is 8.82. The fraction of sp³-hybridized carbons (Fsp3) is 0.385. The summed E-state index contributed by atoms with van der Waals surface area (Å²) in [5.74, 6) is 1.59. The van der Waals surface area contributed by atoms with E-state index in [1.165, 1.54) is 11.3 Å². The van der Waals surface area contributed by atoms with Crippen molar-refractivity contribution in [2.24, 2.45) is 0 Å². The van der Waals surface area contributed by atoms with Gasteiger partial charge in [0.05, 0.1) is 18.5 Å². The third-order valence-electron chi connectivity index (χ3n) is 2.59. The van der Waals surface area contributed by atoms with Crippen molar-refractivity contribution in [1.29, 1.82) is 0 Å². The molecular formula is C13H15ClIN3S. The molecule has 0 aliphatic carbocycles. The molecule has 0 saturated carbocycles. The van der Waals surface area contributed by atoms with Crippen LogP contribution in [0.4, 0.5) is 5.82 Å². The SMILES string of the molecule is CNc1nc(-c2ccc(Cl)s2)nc(C(C)(C)C)c1I. The van der Waals surface area contributed by atoms with Crippen molar-refractivity contribution in [3.8, 4) is 10.7 Å². The van der Waals surface area contributed by atoms with Crippen molar-refractivity contribution in [2.45, 2.75) is 26.2 Å². The minimum absolute atomic E-state index is 0.0269.